The van der Waals surface area contributed by atoms with E-state index in [1.165, 1.54) is 25.7 Å². The highest BCUT2D eigenvalue weighted by Crippen LogP contribution is 2.36. The van der Waals surface area contributed by atoms with E-state index in [1.54, 1.807) is 0 Å². The monoisotopic (exact) mass is 248 g/mol. The maximum absolute atomic E-state index is 4.57. The zero-order chi connectivity index (χ0) is 12.8. The molecule has 0 aromatic carbocycles. The Balaban J connectivity index is 2.11. The number of nitrogens with zero attached hydrogens (tertiary/aromatic N) is 2. The van der Waals surface area contributed by atoms with E-state index in [4.69, 9.17) is 0 Å². The van der Waals surface area contributed by atoms with Crippen molar-refractivity contribution >= 4 is 5.82 Å². The molecule has 4 nitrogen and oxygen atoms in total. The topological polar surface area (TPSA) is 49.8 Å². The Kier molecular flexibility index (Phi) is 4.53. The van der Waals surface area contributed by atoms with E-state index in [2.05, 4.69) is 27.5 Å². The minimum absolute atomic E-state index is 0.409. The molecule has 2 heterocycles. The van der Waals surface area contributed by atoms with Gasteiger partial charge in [-0.25, -0.2) is 9.97 Å². The van der Waals surface area contributed by atoms with Crippen LogP contribution in [0.5, 0.6) is 0 Å². The normalized spacial score (nSPS) is 18.6. The number of nitrogens with one attached hydrogen (secondary N) is 2. The first-order valence-corrected chi connectivity index (χ1v) is 6.98. The molecule has 0 saturated carbocycles. The lowest BCUT2D eigenvalue weighted by Crippen LogP contribution is -2.38. The van der Waals surface area contributed by atoms with Crippen LogP contribution in [0.15, 0.2) is 12.3 Å². The number of anilines is 1. The summed E-state index contributed by atoms with van der Waals surface area (Å²) in [6.07, 6.45) is 7.88. The minimum atomic E-state index is 0.409. The molecule has 0 radical (unpaired) electrons. The molecular formula is C14H24N4. The van der Waals surface area contributed by atoms with Crippen LogP contribution in [0, 0.1) is 5.41 Å². The van der Waals surface area contributed by atoms with Gasteiger partial charge in [-0.1, -0.05) is 13.3 Å². The summed E-state index contributed by atoms with van der Waals surface area (Å²) < 4.78 is 0. The second-order valence-corrected chi connectivity index (χ2v) is 5.28. The van der Waals surface area contributed by atoms with E-state index >= 15 is 0 Å². The van der Waals surface area contributed by atoms with Crippen LogP contribution in [-0.4, -0.2) is 30.1 Å². The van der Waals surface area contributed by atoms with Crippen molar-refractivity contribution in [3.05, 3.63) is 18.1 Å². The lowest BCUT2D eigenvalue weighted by atomic mass is 9.73. The summed E-state index contributed by atoms with van der Waals surface area (Å²) in [5.74, 6) is 1.90. The smallest absolute Gasteiger partial charge is 0.131 e. The van der Waals surface area contributed by atoms with E-state index < -0.39 is 0 Å². The molecule has 4 heteroatoms. The first-order valence-electron chi connectivity index (χ1n) is 6.98. The minimum Gasteiger partial charge on any atom is -0.373 e. The van der Waals surface area contributed by atoms with Crippen molar-refractivity contribution in [1.29, 1.82) is 0 Å². The Labute approximate surface area is 110 Å². The summed E-state index contributed by atoms with van der Waals surface area (Å²) in [4.78, 5) is 9.01. The predicted octanol–water partition coefficient (Wildman–Crippen LogP) is 2.23. The Morgan fingerprint density at radius 3 is 2.83 bits per heavy atom. The zero-order valence-electron chi connectivity index (χ0n) is 11.5. The van der Waals surface area contributed by atoms with E-state index in [9.17, 15) is 0 Å². The van der Waals surface area contributed by atoms with Gasteiger partial charge in [-0.05, 0) is 43.8 Å². The van der Waals surface area contributed by atoms with Crippen LogP contribution in [-0.2, 0) is 6.42 Å². The van der Waals surface area contributed by atoms with Gasteiger partial charge in [0.05, 0.1) is 0 Å². The zero-order valence-corrected chi connectivity index (χ0v) is 11.5. The lowest BCUT2D eigenvalue weighted by molar-refractivity contribution is 0.178. The van der Waals surface area contributed by atoms with Crippen LogP contribution in [0.25, 0.3) is 0 Å². The Hall–Kier alpha value is -1.16. The quantitative estimate of drug-likeness (QED) is 0.839. The lowest BCUT2D eigenvalue weighted by Gasteiger charge is -2.37. The molecule has 0 aliphatic carbocycles. The summed E-state index contributed by atoms with van der Waals surface area (Å²) in [5, 5.41) is 6.54. The van der Waals surface area contributed by atoms with Gasteiger partial charge in [0.1, 0.15) is 11.6 Å². The molecule has 0 atom stereocenters. The highest BCUT2D eigenvalue weighted by molar-refractivity contribution is 5.31. The number of aromatic nitrogens is 2. The van der Waals surface area contributed by atoms with Crippen LogP contribution >= 0.6 is 0 Å². The van der Waals surface area contributed by atoms with Gasteiger partial charge in [-0.2, -0.15) is 0 Å². The van der Waals surface area contributed by atoms with Gasteiger partial charge in [0.2, 0.25) is 0 Å². The highest BCUT2D eigenvalue weighted by Gasteiger charge is 2.32. The van der Waals surface area contributed by atoms with Crippen LogP contribution in [0.4, 0.5) is 5.82 Å². The maximum atomic E-state index is 4.57. The molecule has 1 aliphatic rings. The molecule has 100 valence electrons. The van der Waals surface area contributed by atoms with Gasteiger partial charge in [0, 0.05) is 19.7 Å². The molecule has 1 saturated heterocycles. The third-order valence-electron chi connectivity index (χ3n) is 3.94. The first kappa shape index (κ1) is 13.3. The molecule has 0 amide bonds. The van der Waals surface area contributed by atoms with Crippen molar-refractivity contribution in [2.75, 3.05) is 25.5 Å². The van der Waals surface area contributed by atoms with Gasteiger partial charge in [-0.15, -0.1) is 0 Å². The van der Waals surface area contributed by atoms with Crippen LogP contribution in [0.1, 0.15) is 38.4 Å². The van der Waals surface area contributed by atoms with Crippen LogP contribution in [0.3, 0.4) is 0 Å². The van der Waals surface area contributed by atoms with Crippen LogP contribution < -0.4 is 10.6 Å². The molecule has 1 aliphatic heterocycles. The standard InChI is InChI=1S/C14H24N4/c1-3-5-14(6-9-16-10-7-14)11-13-17-8-4-12(15-2)18-13/h4,8,16H,3,5-7,9-11H2,1-2H3,(H,15,17,18). The van der Waals surface area contributed by atoms with E-state index in [0.29, 0.717) is 5.41 Å². The summed E-state index contributed by atoms with van der Waals surface area (Å²) in [7, 11) is 1.90. The van der Waals surface area contributed by atoms with Crippen molar-refractivity contribution in [2.24, 2.45) is 5.41 Å². The van der Waals surface area contributed by atoms with Gasteiger partial charge in [-0.3, -0.25) is 0 Å². The molecule has 0 bridgehead atoms. The number of hydrogen-bond acceptors (Lipinski definition) is 4. The number of rotatable bonds is 5. The fourth-order valence-electron chi connectivity index (χ4n) is 2.96. The van der Waals surface area contributed by atoms with E-state index in [1.807, 2.05) is 19.3 Å². The van der Waals surface area contributed by atoms with Gasteiger partial charge in [0.15, 0.2) is 0 Å². The Morgan fingerprint density at radius 2 is 2.17 bits per heavy atom. The third-order valence-corrected chi connectivity index (χ3v) is 3.94. The maximum Gasteiger partial charge on any atom is 0.131 e. The average Bonchev–Trinajstić information content (AvgIpc) is 2.40. The Morgan fingerprint density at radius 1 is 1.39 bits per heavy atom. The van der Waals surface area contributed by atoms with E-state index in [-0.39, 0.29) is 0 Å². The molecule has 2 rings (SSSR count). The molecule has 0 unspecified atom stereocenters. The summed E-state index contributed by atoms with van der Waals surface area (Å²) in [5.41, 5.74) is 0.409. The third kappa shape index (κ3) is 3.19. The van der Waals surface area contributed by atoms with Gasteiger partial charge < -0.3 is 10.6 Å². The average molecular weight is 248 g/mol. The molecule has 18 heavy (non-hydrogen) atoms. The van der Waals surface area contributed by atoms with Crippen molar-refractivity contribution in [1.82, 2.24) is 15.3 Å². The van der Waals surface area contributed by atoms with E-state index in [0.717, 1.165) is 31.2 Å². The number of piperidine rings is 1. The van der Waals surface area contributed by atoms with Crippen molar-refractivity contribution < 1.29 is 0 Å². The molecule has 1 fully saturated rings. The fraction of sp³-hybridized carbons (Fsp3) is 0.714. The molecule has 1 aromatic rings. The van der Waals surface area contributed by atoms with Gasteiger partial charge in [0.25, 0.3) is 0 Å². The molecule has 2 N–H and O–H groups in total. The predicted molar refractivity (Wildman–Crippen MR) is 74.7 cm³/mol. The molecular weight excluding hydrogens is 224 g/mol. The summed E-state index contributed by atoms with van der Waals surface area (Å²) in [6, 6.07) is 1.92. The van der Waals surface area contributed by atoms with Crippen molar-refractivity contribution in [3.8, 4) is 0 Å². The van der Waals surface area contributed by atoms with Gasteiger partial charge >= 0.3 is 0 Å². The SMILES string of the molecule is CCCC1(Cc2nccc(NC)n2)CCNCC1. The summed E-state index contributed by atoms with van der Waals surface area (Å²) >= 11 is 0. The van der Waals surface area contributed by atoms with Crippen molar-refractivity contribution in [2.45, 2.75) is 39.0 Å². The largest absolute Gasteiger partial charge is 0.373 e. The summed E-state index contributed by atoms with van der Waals surface area (Å²) in [6.45, 7) is 4.53. The second kappa shape index (κ2) is 6.14. The molecule has 0 spiro atoms. The molecule has 1 aromatic heterocycles. The second-order valence-electron chi connectivity index (χ2n) is 5.28. The highest BCUT2D eigenvalue weighted by atomic mass is 15.0. The Bertz CT molecular complexity index is 366. The van der Waals surface area contributed by atoms with Crippen LogP contribution in [0.2, 0.25) is 0 Å². The van der Waals surface area contributed by atoms with Crippen molar-refractivity contribution in [3.63, 3.8) is 0 Å². The first-order chi connectivity index (χ1) is 8.78. The fourth-order valence-corrected chi connectivity index (χ4v) is 2.96. The number of hydrogen-bond donors (Lipinski definition) is 2.